The molecule has 5 rings (SSSR count). The Labute approximate surface area is 198 Å². The van der Waals surface area contributed by atoms with Crippen LogP contribution in [0.3, 0.4) is 0 Å². The van der Waals surface area contributed by atoms with E-state index in [1.54, 1.807) is 12.4 Å². The maximum Gasteiger partial charge on any atom is 0.293 e. The van der Waals surface area contributed by atoms with Gasteiger partial charge in [-0.05, 0) is 45.1 Å². The van der Waals surface area contributed by atoms with Gasteiger partial charge >= 0.3 is 0 Å². The van der Waals surface area contributed by atoms with E-state index >= 15 is 0 Å². The van der Waals surface area contributed by atoms with Gasteiger partial charge in [-0.25, -0.2) is 9.67 Å². The van der Waals surface area contributed by atoms with Gasteiger partial charge in [0.1, 0.15) is 11.0 Å². The lowest BCUT2D eigenvalue weighted by Crippen LogP contribution is -2.44. The maximum atomic E-state index is 13.8. The lowest BCUT2D eigenvalue weighted by Gasteiger charge is -2.32. The highest BCUT2D eigenvalue weighted by Gasteiger charge is 2.25. The van der Waals surface area contributed by atoms with Gasteiger partial charge in [0.05, 0.1) is 18.4 Å². The largest absolute Gasteiger partial charge is 0.341 e. The van der Waals surface area contributed by atoms with Crippen LogP contribution in [0.4, 0.5) is 5.95 Å². The van der Waals surface area contributed by atoms with Crippen LogP contribution >= 0.6 is 0 Å². The van der Waals surface area contributed by atoms with E-state index < -0.39 is 0 Å². The van der Waals surface area contributed by atoms with Crippen molar-refractivity contribution < 1.29 is 0 Å². The van der Waals surface area contributed by atoms with Crippen molar-refractivity contribution in [2.75, 3.05) is 18.0 Å². The van der Waals surface area contributed by atoms with Crippen molar-refractivity contribution in [2.45, 2.75) is 52.7 Å². The molecule has 8 heteroatoms. The molecule has 1 atom stereocenters. The van der Waals surface area contributed by atoms with Crippen molar-refractivity contribution in [2.24, 2.45) is 5.73 Å². The molecule has 1 saturated heterocycles. The summed E-state index contributed by atoms with van der Waals surface area (Å²) >= 11 is 0. The van der Waals surface area contributed by atoms with Crippen LogP contribution < -0.4 is 16.2 Å². The number of pyridine rings is 1. The van der Waals surface area contributed by atoms with Gasteiger partial charge in [0.15, 0.2) is 0 Å². The summed E-state index contributed by atoms with van der Waals surface area (Å²) in [4.78, 5) is 25.4. The fourth-order valence-electron chi connectivity index (χ4n) is 4.61. The first-order chi connectivity index (χ1) is 16.4. The zero-order valence-corrected chi connectivity index (χ0v) is 20.0. The first-order valence-electron chi connectivity index (χ1n) is 11.8. The summed E-state index contributed by atoms with van der Waals surface area (Å²) in [6, 6.07) is 10.2. The van der Waals surface area contributed by atoms with Crippen LogP contribution in [0.25, 0.3) is 21.8 Å². The fraction of sp³-hybridized carbons (Fsp3) is 0.385. The monoisotopic (exact) mass is 457 g/mol. The second kappa shape index (κ2) is 9.02. The molecule has 0 amide bonds. The second-order valence-electron chi connectivity index (χ2n) is 9.45. The minimum absolute atomic E-state index is 0.110. The smallest absolute Gasteiger partial charge is 0.293 e. The maximum absolute atomic E-state index is 13.8. The number of benzene rings is 1. The first-order valence-corrected chi connectivity index (χ1v) is 11.8. The zero-order chi connectivity index (χ0) is 23.8. The van der Waals surface area contributed by atoms with Gasteiger partial charge in [0.25, 0.3) is 5.56 Å². The molecular formula is C26H31N7O. The molecule has 1 aliphatic rings. The predicted octanol–water partition coefficient (Wildman–Crippen LogP) is 3.47. The van der Waals surface area contributed by atoms with Gasteiger partial charge in [0, 0.05) is 37.3 Å². The number of hydrogen-bond donors (Lipinski definition) is 1. The molecule has 2 N–H and O–H groups in total. The summed E-state index contributed by atoms with van der Waals surface area (Å²) in [5.74, 6) is 0.797. The molecule has 1 aromatic carbocycles. The number of imidazole rings is 1. The Morgan fingerprint density at radius 1 is 1.18 bits per heavy atom. The summed E-state index contributed by atoms with van der Waals surface area (Å²) in [6.07, 6.45) is 5.50. The summed E-state index contributed by atoms with van der Waals surface area (Å²) < 4.78 is 3.55. The van der Waals surface area contributed by atoms with Gasteiger partial charge in [0.2, 0.25) is 5.95 Å². The van der Waals surface area contributed by atoms with Crippen LogP contribution in [0.1, 0.15) is 39.3 Å². The van der Waals surface area contributed by atoms with E-state index in [0.29, 0.717) is 24.1 Å². The lowest BCUT2D eigenvalue weighted by atomic mass is 10.1. The highest BCUT2D eigenvalue weighted by atomic mass is 16.1. The molecule has 3 aromatic heterocycles. The summed E-state index contributed by atoms with van der Waals surface area (Å²) in [6.45, 7) is 8.81. The van der Waals surface area contributed by atoms with Crippen LogP contribution in [0.15, 0.2) is 58.7 Å². The average Bonchev–Trinajstić information content (AvgIpc) is 3.20. The fourth-order valence-corrected chi connectivity index (χ4v) is 4.61. The average molecular weight is 458 g/mol. The van der Waals surface area contributed by atoms with Gasteiger partial charge in [-0.2, -0.15) is 5.10 Å². The quantitative estimate of drug-likeness (QED) is 0.461. The standard InChI is InChI=1S/C26H31N7O/c1-17(2)18(3)14-32-24-22(30-26(32)31-12-6-8-20(27)15-31)13-29-33(25(24)34)16-23-21-9-5-4-7-19(21)10-11-28-23/h4-5,7,9-11,13,20H,6,8,12,14-16,27H2,1-3H3. The van der Waals surface area contributed by atoms with E-state index in [2.05, 4.69) is 35.8 Å². The molecule has 1 unspecified atom stereocenters. The van der Waals surface area contributed by atoms with E-state index in [9.17, 15) is 4.79 Å². The Morgan fingerprint density at radius 3 is 2.79 bits per heavy atom. The van der Waals surface area contributed by atoms with Crippen molar-refractivity contribution in [3.05, 3.63) is 69.9 Å². The third kappa shape index (κ3) is 4.09. The molecule has 8 nitrogen and oxygen atoms in total. The number of piperidine rings is 1. The second-order valence-corrected chi connectivity index (χ2v) is 9.45. The van der Waals surface area contributed by atoms with Crippen molar-refractivity contribution >= 4 is 27.8 Å². The van der Waals surface area contributed by atoms with E-state index in [4.69, 9.17) is 10.7 Å². The molecule has 0 saturated carbocycles. The minimum atomic E-state index is -0.158. The zero-order valence-electron chi connectivity index (χ0n) is 20.0. The number of allylic oxidation sites excluding steroid dienone is 2. The van der Waals surface area contributed by atoms with E-state index in [1.807, 2.05) is 34.9 Å². The van der Waals surface area contributed by atoms with E-state index in [1.165, 1.54) is 15.8 Å². The summed E-state index contributed by atoms with van der Waals surface area (Å²) in [7, 11) is 0. The normalized spacial score (nSPS) is 16.4. The third-order valence-corrected chi connectivity index (χ3v) is 6.78. The Kier molecular flexibility index (Phi) is 5.91. The molecule has 0 spiro atoms. The Morgan fingerprint density at radius 2 is 2.00 bits per heavy atom. The predicted molar refractivity (Wildman–Crippen MR) is 136 cm³/mol. The van der Waals surface area contributed by atoms with Crippen LogP contribution in [0.2, 0.25) is 0 Å². The molecule has 34 heavy (non-hydrogen) atoms. The SMILES string of the molecule is CC(C)=C(C)Cn1c(N2CCCC(N)C2)nc2cnn(Cc3nccc4ccccc34)c(=O)c21. The van der Waals surface area contributed by atoms with Crippen LogP contribution in [-0.4, -0.2) is 43.4 Å². The highest BCUT2D eigenvalue weighted by Crippen LogP contribution is 2.25. The highest BCUT2D eigenvalue weighted by molar-refractivity contribution is 5.84. The van der Waals surface area contributed by atoms with Crippen LogP contribution in [-0.2, 0) is 13.1 Å². The molecule has 4 aromatic rings. The number of fused-ring (bicyclic) bond motifs is 2. The minimum Gasteiger partial charge on any atom is -0.341 e. The number of anilines is 1. The molecular weight excluding hydrogens is 426 g/mol. The molecule has 0 aliphatic carbocycles. The van der Waals surface area contributed by atoms with Gasteiger partial charge in [-0.1, -0.05) is 35.4 Å². The number of nitrogens with two attached hydrogens (primary N) is 1. The third-order valence-electron chi connectivity index (χ3n) is 6.78. The van der Waals surface area contributed by atoms with Crippen molar-refractivity contribution in [3.8, 4) is 0 Å². The van der Waals surface area contributed by atoms with Gasteiger partial charge < -0.3 is 15.2 Å². The molecule has 4 heterocycles. The number of aromatic nitrogens is 5. The molecule has 176 valence electrons. The Hall–Kier alpha value is -3.52. The van der Waals surface area contributed by atoms with Crippen molar-refractivity contribution in [3.63, 3.8) is 0 Å². The molecule has 1 fully saturated rings. The first kappa shape index (κ1) is 22.3. The van der Waals surface area contributed by atoms with Crippen molar-refractivity contribution in [1.29, 1.82) is 0 Å². The summed E-state index contributed by atoms with van der Waals surface area (Å²) in [5.41, 5.74) is 10.6. The van der Waals surface area contributed by atoms with Crippen LogP contribution in [0.5, 0.6) is 0 Å². The topological polar surface area (TPSA) is 94.9 Å². The Bertz CT molecular complexity index is 1440. The number of nitrogens with zero attached hydrogens (tertiary/aromatic N) is 6. The lowest BCUT2D eigenvalue weighted by molar-refractivity contribution is 0.495. The Balaban J connectivity index is 1.64. The van der Waals surface area contributed by atoms with E-state index in [0.717, 1.165) is 48.3 Å². The van der Waals surface area contributed by atoms with Gasteiger partial charge in [-0.15, -0.1) is 0 Å². The van der Waals surface area contributed by atoms with Crippen LogP contribution in [0, 0.1) is 0 Å². The summed E-state index contributed by atoms with van der Waals surface area (Å²) in [5, 5.41) is 6.59. The van der Waals surface area contributed by atoms with Gasteiger partial charge in [-0.3, -0.25) is 9.78 Å². The van der Waals surface area contributed by atoms with Crippen molar-refractivity contribution in [1.82, 2.24) is 24.3 Å². The number of hydrogen-bond acceptors (Lipinski definition) is 6. The number of rotatable bonds is 5. The molecule has 0 radical (unpaired) electrons. The van der Waals surface area contributed by atoms with E-state index in [-0.39, 0.29) is 11.6 Å². The molecule has 0 bridgehead atoms. The molecule has 1 aliphatic heterocycles.